The molecule has 14 heavy (non-hydrogen) atoms. The molecule has 0 bridgehead atoms. The zero-order chi connectivity index (χ0) is 11.8. The van der Waals surface area contributed by atoms with E-state index in [1.807, 2.05) is 6.92 Å². The summed E-state index contributed by atoms with van der Waals surface area (Å²) in [5.74, 6) is -1.23. The van der Waals surface area contributed by atoms with Crippen LogP contribution in [0.2, 0.25) is 0 Å². The SMILES string of the molecule is CCC.CCN(C)CC(C)C(F)(F)F. The van der Waals surface area contributed by atoms with Gasteiger partial charge in [-0.15, -0.1) is 0 Å². The predicted octanol–water partition coefficient (Wildman–Crippen LogP) is 3.55. The van der Waals surface area contributed by atoms with Crippen molar-refractivity contribution in [2.75, 3.05) is 20.1 Å². The Bertz CT molecular complexity index is 123. The van der Waals surface area contributed by atoms with Gasteiger partial charge in [-0.1, -0.05) is 34.1 Å². The first kappa shape index (κ1) is 16.2. The van der Waals surface area contributed by atoms with Crippen LogP contribution in [-0.2, 0) is 0 Å². The van der Waals surface area contributed by atoms with Gasteiger partial charge in [0.15, 0.2) is 0 Å². The van der Waals surface area contributed by atoms with Crippen LogP contribution in [0, 0.1) is 5.92 Å². The molecule has 0 heterocycles. The Kier molecular flexibility index (Phi) is 9.36. The number of halogens is 3. The fraction of sp³-hybridized carbons (Fsp3) is 1.00. The minimum absolute atomic E-state index is 0.0833. The van der Waals surface area contributed by atoms with E-state index in [1.54, 1.807) is 11.9 Å². The fourth-order valence-corrected chi connectivity index (χ4v) is 0.700. The average Bonchev–Trinajstić information content (AvgIpc) is 2.03. The summed E-state index contributed by atoms with van der Waals surface area (Å²) in [5.41, 5.74) is 0. The van der Waals surface area contributed by atoms with Gasteiger partial charge in [-0.25, -0.2) is 0 Å². The summed E-state index contributed by atoms with van der Waals surface area (Å²) in [6, 6.07) is 0. The molecule has 1 nitrogen and oxygen atoms in total. The molecular formula is C10H22F3N. The van der Waals surface area contributed by atoms with Crippen molar-refractivity contribution >= 4 is 0 Å². The molecule has 4 heteroatoms. The Balaban J connectivity index is 0. The fourth-order valence-electron chi connectivity index (χ4n) is 0.700. The highest BCUT2D eigenvalue weighted by atomic mass is 19.4. The summed E-state index contributed by atoms with van der Waals surface area (Å²) in [6.07, 6.45) is -2.80. The van der Waals surface area contributed by atoms with E-state index in [0.717, 1.165) is 0 Å². The van der Waals surface area contributed by atoms with E-state index in [0.29, 0.717) is 6.54 Å². The molecule has 0 amide bonds. The van der Waals surface area contributed by atoms with Crippen LogP contribution >= 0.6 is 0 Å². The number of alkyl halides is 3. The van der Waals surface area contributed by atoms with Gasteiger partial charge in [0.1, 0.15) is 0 Å². The monoisotopic (exact) mass is 213 g/mol. The van der Waals surface area contributed by atoms with Crippen LogP contribution in [0.25, 0.3) is 0 Å². The second-order valence-electron chi connectivity index (χ2n) is 3.50. The Morgan fingerprint density at radius 1 is 1.14 bits per heavy atom. The first-order chi connectivity index (χ1) is 6.29. The molecule has 0 aliphatic carbocycles. The van der Waals surface area contributed by atoms with Crippen LogP contribution in [0.15, 0.2) is 0 Å². The van der Waals surface area contributed by atoms with Crippen LogP contribution in [0.5, 0.6) is 0 Å². The first-order valence-corrected chi connectivity index (χ1v) is 5.04. The number of nitrogens with zero attached hydrogens (tertiary/aromatic N) is 1. The molecule has 0 rings (SSSR count). The lowest BCUT2D eigenvalue weighted by molar-refractivity contribution is -0.173. The van der Waals surface area contributed by atoms with E-state index in [9.17, 15) is 13.2 Å². The third kappa shape index (κ3) is 9.84. The van der Waals surface area contributed by atoms with Crippen molar-refractivity contribution in [3.05, 3.63) is 0 Å². The van der Waals surface area contributed by atoms with Crippen molar-refractivity contribution in [2.45, 2.75) is 40.3 Å². The van der Waals surface area contributed by atoms with Crippen LogP contribution in [0.1, 0.15) is 34.1 Å². The predicted molar refractivity (Wildman–Crippen MR) is 54.4 cm³/mol. The molecule has 0 aliphatic heterocycles. The van der Waals surface area contributed by atoms with Gasteiger partial charge >= 0.3 is 6.18 Å². The quantitative estimate of drug-likeness (QED) is 0.693. The van der Waals surface area contributed by atoms with Crippen molar-refractivity contribution in [1.29, 1.82) is 0 Å². The van der Waals surface area contributed by atoms with Crippen LogP contribution in [0.4, 0.5) is 13.2 Å². The minimum Gasteiger partial charge on any atom is -0.306 e. The molecule has 0 saturated heterocycles. The van der Waals surface area contributed by atoms with Crippen molar-refractivity contribution in [3.8, 4) is 0 Å². The summed E-state index contributed by atoms with van der Waals surface area (Å²) in [6.45, 7) is 8.02. The molecule has 0 saturated carbocycles. The van der Waals surface area contributed by atoms with Crippen molar-refractivity contribution in [3.63, 3.8) is 0 Å². The van der Waals surface area contributed by atoms with Crippen molar-refractivity contribution in [2.24, 2.45) is 5.92 Å². The van der Waals surface area contributed by atoms with Crippen LogP contribution in [0.3, 0.4) is 0 Å². The second-order valence-corrected chi connectivity index (χ2v) is 3.50. The van der Waals surface area contributed by atoms with Gasteiger partial charge in [0.25, 0.3) is 0 Å². The van der Waals surface area contributed by atoms with Crippen molar-refractivity contribution in [1.82, 2.24) is 4.90 Å². The average molecular weight is 213 g/mol. The van der Waals surface area contributed by atoms with E-state index in [1.165, 1.54) is 13.3 Å². The summed E-state index contributed by atoms with van der Waals surface area (Å²) < 4.78 is 35.8. The zero-order valence-corrected chi connectivity index (χ0v) is 9.78. The highest BCUT2D eigenvalue weighted by Crippen LogP contribution is 2.25. The molecule has 0 radical (unpaired) electrons. The molecule has 0 aromatic heterocycles. The van der Waals surface area contributed by atoms with Crippen molar-refractivity contribution < 1.29 is 13.2 Å². The molecular weight excluding hydrogens is 191 g/mol. The standard InChI is InChI=1S/C7H14F3N.C3H8/c1-4-11(3)5-6(2)7(8,9)10;1-3-2/h6H,4-5H2,1-3H3;3H2,1-2H3. The maximum Gasteiger partial charge on any atom is 0.392 e. The summed E-state index contributed by atoms with van der Waals surface area (Å²) in [5, 5.41) is 0. The summed E-state index contributed by atoms with van der Waals surface area (Å²) in [4.78, 5) is 1.65. The Labute approximate surface area is 85.3 Å². The van der Waals surface area contributed by atoms with Gasteiger partial charge in [-0.2, -0.15) is 13.2 Å². The molecule has 0 fully saturated rings. The van der Waals surface area contributed by atoms with E-state index < -0.39 is 12.1 Å². The van der Waals surface area contributed by atoms with Gasteiger partial charge in [0.2, 0.25) is 0 Å². The zero-order valence-electron chi connectivity index (χ0n) is 9.78. The Hall–Kier alpha value is -0.250. The molecule has 0 N–H and O–H groups in total. The molecule has 0 aromatic carbocycles. The summed E-state index contributed by atoms with van der Waals surface area (Å²) in [7, 11) is 1.68. The van der Waals surface area contributed by atoms with Gasteiger partial charge in [-0.05, 0) is 13.6 Å². The second kappa shape index (κ2) is 8.09. The van der Waals surface area contributed by atoms with Crippen LogP contribution in [-0.4, -0.2) is 31.2 Å². The third-order valence-corrected chi connectivity index (χ3v) is 1.68. The lowest BCUT2D eigenvalue weighted by atomic mass is 10.1. The normalized spacial score (nSPS) is 13.5. The van der Waals surface area contributed by atoms with Gasteiger partial charge in [0.05, 0.1) is 5.92 Å². The van der Waals surface area contributed by atoms with Crippen LogP contribution < -0.4 is 0 Å². The number of rotatable bonds is 3. The Morgan fingerprint density at radius 3 is 1.71 bits per heavy atom. The van der Waals surface area contributed by atoms with E-state index in [2.05, 4.69) is 13.8 Å². The van der Waals surface area contributed by atoms with Gasteiger partial charge < -0.3 is 4.90 Å². The molecule has 0 aromatic rings. The third-order valence-electron chi connectivity index (χ3n) is 1.68. The van der Waals surface area contributed by atoms with Gasteiger partial charge in [0, 0.05) is 6.54 Å². The lowest BCUT2D eigenvalue weighted by Gasteiger charge is -2.21. The molecule has 1 unspecified atom stereocenters. The Morgan fingerprint density at radius 2 is 1.50 bits per heavy atom. The number of hydrogen-bond acceptors (Lipinski definition) is 1. The van der Waals surface area contributed by atoms with E-state index in [4.69, 9.17) is 0 Å². The van der Waals surface area contributed by atoms with Gasteiger partial charge in [-0.3, -0.25) is 0 Å². The topological polar surface area (TPSA) is 3.24 Å². The maximum atomic E-state index is 11.9. The highest BCUT2D eigenvalue weighted by Gasteiger charge is 2.35. The van der Waals surface area contributed by atoms with E-state index >= 15 is 0 Å². The maximum absolute atomic E-state index is 11.9. The first-order valence-electron chi connectivity index (χ1n) is 5.04. The molecule has 1 atom stereocenters. The lowest BCUT2D eigenvalue weighted by Crippen LogP contribution is -2.32. The van der Waals surface area contributed by atoms with E-state index in [-0.39, 0.29) is 6.54 Å². The minimum atomic E-state index is -4.05. The molecule has 0 aliphatic rings. The number of hydrogen-bond donors (Lipinski definition) is 0. The highest BCUT2D eigenvalue weighted by molar-refractivity contribution is 4.65. The summed E-state index contributed by atoms with van der Waals surface area (Å²) >= 11 is 0. The molecule has 88 valence electrons. The molecule has 0 spiro atoms. The largest absolute Gasteiger partial charge is 0.392 e. The smallest absolute Gasteiger partial charge is 0.306 e.